The topological polar surface area (TPSA) is 51.8 Å². The van der Waals surface area contributed by atoms with Crippen LogP contribution in [0.5, 0.6) is 0 Å². The third-order valence-corrected chi connectivity index (χ3v) is 8.51. The zero-order valence-electron chi connectivity index (χ0n) is 24.2. The molecule has 4 nitrogen and oxygen atoms in total. The molecule has 0 saturated carbocycles. The number of nitrogens with zero attached hydrogens (tertiary/aromatic N) is 3. The molecule has 0 atom stereocenters. The van der Waals surface area contributed by atoms with Crippen LogP contribution in [-0.4, -0.2) is 15.0 Å². The summed E-state index contributed by atoms with van der Waals surface area (Å²) < 4.78 is 6.23. The van der Waals surface area contributed by atoms with Crippen LogP contribution in [0.1, 0.15) is 0 Å². The average Bonchev–Trinajstić information content (AvgIpc) is 3.49. The lowest BCUT2D eigenvalue weighted by Crippen LogP contribution is -2.01. The van der Waals surface area contributed by atoms with Crippen LogP contribution in [0.25, 0.3) is 88.8 Å². The van der Waals surface area contributed by atoms with E-state index in [0.29, 0.717) is 17.5 Å². The highest BCUT2D eigenvalue weighted by Gasteiger charge is 2.17. The van der Waals surface area contributed by atoms with E-state index in [0.717, 1.165) is 55.0 Å². The standard InChI is InChI=1S/C41H25N3O/c1-2-12-27(13-3-1)39-42-40(29-21-22-35-34-18-8-9-20-37(34)45-38(35)25-29)44-41(43-39)36-24-30(23-28-14-5-7-17-32(28)36)33-19-10-15-26-11-4-6-16-31(26)33/h1-25H. The Bertz CT molecular complexity index is 2540. The van der Waals surface area contributed by atoms with E-state index in [2.05, 4.69) is 97.1 Å². The van der Waals surface area contributed by atoms with Crippen molar-refractivity contribution in [3.63, 3.8) is 0 Å². The summed E-state index contributed by atoms with van der Waals surface area (Å²) >= 11 is 0. The molecule has 0 spiro atoms. The fourth-order valence-corrected chi connectivity index (χ4v) is 6.34. The molecule has 4 heteroatoms. The lowest BCUT2D eigenvalue weighted by molar-refractivity contribution is 0.669. The fourth-order valence-electron chi connectivity index (χ4n) is 6.34. The molecular formula is C41H25N3O. The van der Waals surface area contributed by atoms with Gasteiger partial charge >= 0.3 is 0 Å². The van der Waals surface area contributed by atoms with Crippen LogP contribution in [0.15, 0.2) is 156 Å². The molecule has 0 N–H and O–H groups in total. The van der Waals surface area contributed by atoms with Crippen molar-refractivity contribution in [2.75, 3.05) is 0 Å². The highest BCUT2D eigenvalue weighted by molar-refractivity contribution is 6.06. The van der Waals surface area contributed by atoms with Crippen molar-refractivity contribution in [1.29, 1.82) is 0 Å². The Morgan fingerprint density at radius 3 is 1.80 bits per heavy atom. The quantitative estimate of drug-likeness (QED) is 0.209. The summed E-state index contributed by atoms with van der Waals surface area (Å²) in [5, 5.41) is 6.80. The monoisotopic (exact) mass is 575 g/mol. The van der Waals surface area contributed by atoms with Crippen LogP contribution in [-0.2, 0) is 0 Å². The average molecular weight is 576 g/mol. The van der Waals surface area contributed by atoms with Gasteiger partial charge in [0.05, 0.1) is 0 Å². The van der Waals surface area contributed by atoms with Crippen LogP contribution in [0.2, 0.25) is 0 Å². The first-order valence-electron chi connectivity index (χ1n) is 15.0. The van der Waals surface area contributed by atoms with Crippen molar-refractivity contribution in [2.45, 2.75) is 0 Å². The smallest absolute Gasteiger partial charge is 0.164 e. The van der Waals surface area contributed by atoms with E-state index in [1.807, 2.05) is 54.6 Å². The molecule has 210 valence electrons. The van der Waals surface area contributed by atoms with Crippen molar-refractivity contribution in [2.24, 2.45) is 0 Å². The predicted molar refractivity (Wildman–Crippen MR) is 184 cm³/mol. The number of hydrogen-bond acceptors (Lipinski definition) is 4. The molecule has 2 heterocycles. The first kappa shape index (κ1) is 25.4. The van der Waals surface area contributed by atoms with Gasteiger partial charge in [0.1, 0.15) is 11.2 Å². The Morgan fingerprint density at radius 1 is 0.333 bits per heavy atom. The van der Waals surface area contributed by atoms with Gasteiger partial charge in [-0.25, -0.2) is 15.0 Å². The van der Waals surface area contributed by atoms with E-state index in [4.69, 9.17) is 19.4 Å². The minimum absolute atomic E-state index is 0.598. The molecule has 2 aromatic heterocycles. The highest BCUT2D eigenvalue weighted by Crippen LogP contribution is 2.37. The Hall–Kier alpha value is -6.13. The van der Waals surface area contributed by atoms with Crippen LogP contribution in [0, 0.1) is 0 Å². The molecule has 45 heavy (non-hydrogen) atoms. The summed E-state index contributed by atoms with van der Waals surface area (Å²) in [6.45, 7) is 0. The van der Waals surface area contributed by atoms with Gasteiger partial charge in [0.25, 0.3) is 0 Å². The van der Waals surface area contributed by atoms with Crippen molar-refractivity contribution < 1.29 is 4.42 Å². The molecule has 9 rings (SSSR count). The van der Waals surface area contributed by atoms with Gasteiger partial charge in [-0.15, -0.1) is 0 Å². The maximum Gasteiger partial charge on any atom is 0.164 e. The van der Waals surface area contributed by atoms with Gasteiger partial charge in [-0.3, -0.25) is 0 Å². The third kappa shape index (κ3) is 4.35. The van der Waals surface area contributed by atoms with Gasteiger partial charge in [0.2, 0.25) is 0 Å². The fraction of sp³-hybridized carbons (Fsp3) is 0. The van der Waals surface area contributed by atoms with E-state index >= 15 is 0 Å². The molecule has 0 radical (unpaired) electrons. The predicted octanol–water partition coefficient (Wildman–Crippen LogP) is 10.7. The largest absolute Gasteiger partial charge is 0.456 e. The Morgan fingerprint density at radius 2 is 0.956 bits per heavy atom. The van der Waals surface area contributed by atoms with E-state index in [-0.39, 0.29) is 0 Å². The normalized spacial score (nSPS) is 11.6. The minimum Gasteiger partial charge on any atom is -0.456 e. The second-order valence-corrected chi connectivity index (χ2v) is 11.3. The molecule has 7 aromatic carbocycles. The van der Waals surface area contributed by atoms with Gasteiger partial charge in [-0.1, -0.05) is 121 Å². The van der Waals surface area contributed by atoms with E-state index < -0.39 is 0 Å². The van der Waals surface area contributed by atoms with Gasteiger partial charge < -0.3 is 4.42 Å². The van der Waals surface area contributed by atoms with E-state index in [1.54, 1.807) is 0 Å². The summed E-state index contributed by atoms with van der Waals surface area (Å²) in [6.07, 6.45) is 0. The summed E-state index contributed by atoms with van der Waals surface area (Å²) in [6, 6.07) is 52.3. The lowest BCUT2D eigenvalue weighted by atomic mass is 9.93. The van der Waals surface area contributed by atoms with Crippen molar-refractivity contribution in [1.82, 2.24) is 15.0 Å². The van der Waals surface area contributed by atoms with Crippen molar-refractivity contribution in [3.8, 4) is 45.3 Å². The van der Waals surface area contributed by atoms with Crippen molar-refractivity contribution in [3.05, 3.63) is 152 Å². The van der Waals surface area contributed by atoms with Crippen LogP contribution < -0.4 is 0 Å². The number of furan rings is 1. The number of rotatable bonds is 4. The molecule has 0 unspecified atom stereocenters. The highest BCUT2D eigenvalue weighted by atomic mass is 16.3. The molecule has 0 bridgehead atoms. The van der Waals surface area contributed by atoms with Gasteiger partial charge in [0, 0.05) is 27.5 Å². The first-order chi connectivity index (χ1) is 22.3. The Kier molecular flexibility index (Phi) is 5.78. The molecule has 0 saturated heterocycles. The molecule has 0 aliphatic rings. The summed E-state index contributed by atoms with van der Waals surface area (Å²) in [7, 11) is 0. The third-order valence-electron chi connectivity index (χ3n) is 8.51. The number of benzene rings is 7. The molecule has 9 aromatic rings. The SMILES string of the molecule is c1ccc(-c2nc(-c3ccc4c(c3)oc3ccccc34)nc(-c3cc(-c4cccc5ccccc45)cc4ccccc34)n2)cc1. The maximum absolute atomic E-state index is 6.23. The van der Waals surface area contributed by atoms with Gasteiger partial charge in [-0.05, 0) is 63.0 Å². The van der Waals surface area contributed by atoms with Crippen LogP contribution >= 0.6 is 0 Å². The Balaban J connectivity index is 1.29. The maximum atomic E-state index is 6.23. The van der Waals surface area contributed by atoms with Gasteiger partial charge in [0.15, 0.2) is 17.5 Å². The second kappa shape index (κ2) is 10.2. The van der Waals surface area contributed by atoms with Gasteiger partial charge in [-0.2, -0.15) is 0 Å². The molecule has 0 aliphatic heterocycles. The first-order valence-corrected chi connectivity index (χ1v) is 15.0. The summed E-state index contributed by atoms with van der Waals surface area (Å²) in [5.74, 6) is 1.85. The molecule has 0 aliphatic carbocycles. The number of fused-ring (bicyclic) bond motifs is 5. The van der Waals surface area contributed by atoms with E-state index in [9.17, 15) is 0 Å². The second-order valence-electron chi connectivity index (χ2n) is 11.3. The Labute approximate surface area is 259 Å². The number of para-hydroxylation sites is 1. The van der Waals surface area contributed by atoms with Crippen LogP contribution in [0.3, 0.4) is 0 Å². The zero-order valence-corrected chi connectivity index (χ0v) is 24.2. The summed E-state index contributed by atoms with van der Waals surface area (Å²) in [5.41, 5.74) is 6.73. The molecule has 0 amide bonds. The molecule has 0 fully saturated rings. The number of hydrogen-bond donors (Lipinski definition) is 0. The zero-order chi connectivity index (χ0) is 29.7. The van der Waals surface area contributed by atoms with Crippen LogP contribution in [0.4, 0.5) is 0 Å². The molecular weight excluding hydrogens is 550 g/mol. The van der Waals surface area contributed by atoms with E-state index in [1.165, 1.54) is 16.3 Å². The number of aromatic nitrogens is 3. The minimum atomic E-state index is 0.598. The summed E-state index contributed by atoms with van der Waals surface area (Å²) in [4.78, 5) is 15.2. The lowest BCUT2D eigenvalue weighted by Gasteiger charge is -2.14. The van der Waals surface area contributed by atoms with Crippen molar-refractivity contribution >= 4 is 43.5 Å².